The van der Waals surface area contributed by atoms with Gasteiger partial charge in [0.2, 0.25) is 0 Å². The molecular formula is C22H32ClN5O2Si. The average Bonchev–Trinajstić information content (AvgIpc) is 2.95. The van der Waals surface area contributed by atoms with Crippen molar-refractivity contribution in [2.75, 3.05) is 36.4 Å². The van der Waals surface area contributed by atoms with Crippen LogP contribution in [0.25, 0.3) is 0 Å². The van der Waals surface area contributed by atoms with E-state index in [1.165, 1.54) is 0 Å². The summed E-state index contributed by atoms with van der Waals surface area (Å²) in [6, 6.07) is 7.27. The summed E-state index contributed by atoms with van der Waals surface area (Å²) in [7, 11) is -1.92. The molecule has 1 aliphatic rings. The Morgan fingerprint density at radius 3 is 2.45 bits per heavy atom. The van der Waals surface area contributed by atoms with E-state index < -0.39 is 8.32 Å². The van der Waals surface area contributed by atoms with Crippen LogP contribution in [-0.4, -0.2) is 55.4 Å². The Morgan fingerprint density at radius 2 is 1.84 bits per heavy atom. The lowest BCUT2D eigenvalue weighted by Crippen LogP contribution is -2.43. The van der Waals surface area contributed by atoms with Crippen molar-refractivity contribution in [2.45, 2.75) is 45.3 Å². The average molecular weight is 462 g/mol. The van der Waals surface area contributed by atoms with Gasteiger partial charge in [-0.15, -0.1) is 0 Å². The van der Waals surface area contributed by atoms with Crippen LogP contribution in [0.5, 0.6) is 5.75 Å². The molecule has 2 amide bonds. The van der Waals surface area contributed by atoms with Crippen molar-refractivity contribution in [3.8, 4) is 5.75 Å². The second-order valence-corrected chi connectivity index (χ2v) is 14.5. The fourth-order valence-electron chi connectivity index (χ4n) is 3.06. The molecule has 31 heavy (non-hydrogen) atoms. The normalized spacial score (nSPS) is 15.4. The monoisotopic (exact) mass is 461 g/mol. The second kappa shape index (κ2) is 9.44. The Balaban J connectivity index is 1.56. The summed E-state index contributed by atoms with van der Waals surface area (Å²) in [6.07, 6.45) is 4.20. The highest BCUT2D eigenvalue weighted by molar-refractivity contribution is 6.74. The molecule has 2 aromatic heterocycles. The standard InChI is InChI=1S/C22H32ClN5O2Si/c1-22(2,3)31(4,5)30-18-8-9-19(24-16-18)26-21(29)28-12-6-11-27(13-14-28)20-10-7-17(23)15-25-20/h7-10,15-16H,6,11-14H2,1-5H3,(H,24,26,29). The number of aromatic nitrogens is 2. The van der Waals surface area contributed by atoms with Crippen LogP contribution in [0.1, 0.15) is 27.2 Å². The van der Waals surface area contributed by atoms with E-state index in [-0.39, 0.29) is 11.1 Å². The fraction of sp³-hybridized carbons (Fsp3) is 0.500. The lowest BCUT2D eigenvalue weighted by Gasteiger charge is -2.36. The summed E-state index contributed by atoms with van der Waals surface area (Å²) in [5, 5.41) is 3.63. The van der Waals surface area contributed by atoms with Crippen LogP contribution in [0.15, 0.2) is 36.7 Å². The van der Waals surface area contributed by atoms with Gasteiger partial charge in [-0.25, -0.2) is 14.8 Å². The Morgan fingerprint density at radius 1 is 1.06 bits per heavy atom. The lowest BCUT2D eigenvalue weighted by molar-refractivity contribution is 0.215. The molecule has 7 nitrogen and oxygen atoms in total. The second-order valence-electron chi connectivity index (χ2n) is 9.33. The summed E-state index contributed by atoms with van der Waals surface area (Å²) in [4.78, 5) is 25.5. The van der Waals surface area contributed by atoms with Gasteiger partial charge in [-0.2, -0.15) is 0 Å². The van der Waals surface area contributed by atoms with Crippen LogP contribution in [0.4, 0.5) is 16.4 Å². The van der Waals surface area contributed by atoms with Crippen LogP contribution < -0.4 is 14.6 Å². The molecule has 3 heterocycles. The highest BCUT2D eigenvalue weighted by atomic mass is 35.5. The summed E-state index contributed by atoms with van der Waals surface area (Å²) in [5.41, 5.74) is 0. The molecule has 0 radical (unpaired) electrons. The molecule has 0 spiro atoms. The molecule has 9 heteroatoms. The van der Waals surface area contributed by atoms with Gasteiger partial charge in [-0.3, -0.25) is 5.32 Å². The predicted octanol–water partition coefficient (Wildman–Crippen LogP) is 5.26. The molecule has 0 saturated carbocycles. The maximum atomic E-state index is 12.8. The molecule has 3 rings (SSSR count). The van der Waals surface area contributed by atoms with E-state index in [0.717, 1.165) is 31.1 Å². The third kappa shape index (κ3) is 6.10. The third-order valence-electron chi connectivity index (χ3n) is 5.97. The maximum absolute atomic E-state index is 12.8. The Labute approximate surface area is 190 Å². The summed E-state index contributed by atoms with van der Waals surface area (Å²) < 4.78 is 6.25. The molecule has 2 aromatic rings. The Hall–Kier alpha value is -2.32. The van der Waals surface area contributed by atoms with Gasteiger partial charge in [0.05, 0.1) is 11.2 Å². The molecule has 1 saturated heterocycles. The maximum Gasteiger partial charge on any atom is 0.323 e. The van der Waals surface area contributed by atoms with Crippen molar-refractivity contribution >= 4 is 37.6 Å². The molecule has 1 N–H and O–H groups in total. The summed E-state index contributed by atoms with van der Waals surface area (Å²) in [6.45, 7) is 13.9. The number of pyridine rings is 2. The molecule has 0 aromatic carbocycles. The van der Waals surface area contributed by atoms with E-state index in [9.17, 15) is 4.79 Å². The van der Waals surface area contributed by atoms with E-state index >= 15 is 0 Å². The van der Waals surface area contributed by atoms with Gasteiger partial charge in [-0.05, 0) is 48.8 Å². The smallest absolute Gasteiger partial charge is 0.323 e. The number of halogens is 1. The largest absolute Gasteiger partial charge is 0.542 e. The van der Waals surface area contributed by atoms with Crippen LogP contribution in [-0.2, 0) is 0 Å². The number of nitrogens with zero attached hydrogens (tertiary/aromatic N) is 4. The molecule has 0 aliphatic carbocycles. The zero-order valence-corrected chi connectivity index (χ0v) is 20.7. The van der Waals surface area contributed by atoms with Gasteiger partial charge in [-0.1, -0.05) is 32.4 Å². The van der Waals surface area contributed by atoms with Crippen LogP contribution in [0, 0.1) is 0 Å². The van der Waals surface area contributed by atoms with Crippen molar-refractivity contribution < 1.29 is 9.22 Å². The van der Waals surface area contributed by atoms with Crippen molar-refractivity contribution in [1.82, 2.24) is 14.9 Å². The topological polar surface area (TPSA) is 70.6 Å². The molecule has 1 fully saturated rings. The minimum atomic E-state index is -1.92. The van der Waals surface area contributed by atoms with E-state index in [1.54, 1.807) is 18.5 Å². The zero-order valence-electron chi connectivity index (χ0n) is 19.0. The van der Waals surface area contributed by atoms with Crippen LogP contribution in [0.3, 0.4) is 0 Å². The van der Waals surface area contributed by atoms with E-state index in [1.807, 2.05) is 23.1 Å². The molecular weight excluding hydrogens is 430 g/mol. The summed E-state index contributed by atoms with van der Waals surface area (Å²) >= 11 is 5.93. The van der Waals surface area contributed by atoms with Crippen LogP contribution >= 0.6 is 11.6 Å². The van der Waals surface area contributed by atoms with E-state index in [4.69, 9.17) is 16.0 Å². The Bertz CT molecular complexity index is 884. The molecule has 0 unspecified atom stereocenters. The number of nitrogens with one attached hydrogen (secondary N) is 1. The van der Waals surface area contributed by atoms with E-state index in [0.29, 0.717) is 23.9 Å². The molecule has 0 bridgehead atoms. The lowest BCUT2D eigenvalue weighted by atomic mass is 10.2. The first kappa shape index (κ1) is 23.3. The molecule has 1 aliphatic heterocycles. The van der Waals surface area contributed by atoms with Gasteiger partial charge >= 0.3 is 6.03 Å². The first-order valence-corrected chi connectivity index (χ1v) is 13.9. The predicted molar refractivity (Wildman–Crippen MR) is 129 cm³/mol. The zero-order chi connectivity index (χ0) is 22.6. The number of hydrogen-bond acceptors (Lipinski definition) is 5. The molecule has 0 atom stereocenters. The fourth-order valence-corrected chi connectivity index (χ4v) is 4.18. The minimum absolute atomic E-state index is 0.113. The highest BCUT2D eigenvalue weighted by Crippen LogP contribution is 2.37. The van der Waals surface area contributed by atoms with Gasteiger partial charge in [0, 0.05) is 32.4 Å². The number of rotatable bonds is 4. The van der Waals surface area contributed by atoms with Crippen molar-refractivity contribution in [1.29, 1.82) is 0 Å². The number of hydrogen-bond donors (Lipinski definition) is 1. The number of carbonyl (C=O) groups excluding carboxylic acids is 1. The number of anilines is 2. The Kier molecular flexibility index (Phi) is 7.11. The number of urea groups is 1. The number of carbonyl (C=O) groups is 1. The SMILES string of the molecule is CC(C)(C)[Si](C)(C)Oc1ccc(NC(=O)N2CCCN(c3ccc(Cl)cn3)CC2)nc1. The first-order valence-electron chi connectivity index (χ1n) is 10.6. The van der Waals surface area contributed by atoms with Crippen molar-refractivity contribution in [2.24, 2.45) is 0 Å². The minimum Gasteiger partial charge on any atom is -0.542 e. The van der Waals surface area contributed by atoms with Crippen LogP contribution in [0.2, 0.25) is 23.2 Å². The highest BCUT2D eigenvalue weighted by Gasteiger charge is 2.39. The first-order chi connectivity index (χ1) is 14.5. The van der Waals surface area contributed by atoms with Crippen molar-refractivity contribution in [3.05, 3.63) is 41.7 Å². The van der Waals surface area contributed by atoms with Gasteiger partial charge < -0.3 is 14.2 Å². The third-order valence-corrected chi connectivity index (χ3v) is 10.6. The van der Waals surface area contributed by atoms with Gasteiger partial charge in [0.1, 0.15) is 17.4 Å². The van der Waals surface area contributed by atoms with Crippen molar-refractivity contribution in [3.63, 3.8) is 0 Å². The molecule has 168 valence electrons. The quantitative estimate of drug-likeness (QED) is 0.629. The number of amides is 2. The van der Waals surface area contributed by atoms with Gasteiger partial charge in [0.15, 0.2) is 0 Å². The van der Waals surface area contributed by atoms with Gasteiger partial charge in [0.25, 0.3) is 8.32 Å². The summed E-state index contributed by atoms with van der Waals surface area (Å²) in [5.74, 6) is 2.14. The van der Waals surface area contributed by atoms with E-state index in [2.05, 4.69) is 54.0 Å².